The molecule has 0 aliphatic heterocycles. The molecule has 1 rings (SSSR count). The smallest absolute Gasteiger partial charge is 0.284 e. The summed E-state index contributed by atoms with van der Waals surface area (Å²) in [6.07, 6.45) is 0. The normalized spacial score (nSPS) is 10.3. The molecule has 122 valence electrons. The van der Waals surface area contributed by atoms with Crippen LogP contribution in [0.4, 0.5) is 5.69 Å². The molecule has 0 aromatic heterocycles. The van der Waals surface area contributed by atoms with Crippen LogP contribution in [0.5, 0.6) is 11.5 Å². The summed E-state index contributed by atoms with van der Waals surface area (Å²) >= 11 is 0. The Morgan fingerprint density at radius 3 is 1.95 bits per heavy atom. The quantitative estimate of drug-likeness (QED) is 0.281. The molecule has 0 heterocycles. The van der Waals surface area contributed by atoms with Gasteiger partial charge >= 0.3 is 0 Å². The number of nitro benzene ring substituents is 1. The van der Waals surface area contributed by atoms with Crippen molar-refractivity contribution in [1.29, 1.82) is 0 Å². The number of ketones is 1. The van der Waals surface area contributed by atoms with E-state index < -0.39 is 10.7 Å². The highest BCUT2D eigenvalue weighted by Crippen LogP contribution is 2.35. The zero-order chi connectivity index (χ0) is 16.5. The number of carbonyl (C=O) groups excluding carboxylic acids is 1. The van der Waals surface area contributed by atoms with Gasteiger partial charge in [-0.1, -0.05) is 0 Å². The van der Waals surface area contributed by atoms with Gasteiger partial charge in [0.05, 0.1) is 29.8 Å². The van der Waals surface area contributed by atoms with Crippen LogP contribution in [0.3, 0.4) is 0 Å². The summed E-state index contributed by atoms with van der Waals surface area (Å²) in [7, 11) is 3.04. The van der Waals surface area contributed by atoms with Crippen molar-refractivity contribution in [3.63, 3.8) is 0 Å². The van der Waals surface area contributed by atoms with Crippen molar-refractivity contribution in [2.75, 3.05) is 40.6 Å². The van der Waals surface area contributed by atoms with Gasteiger partial charge in [0, 0.05) is 20.3 Å². The predicted octanol–water partition coefficient (Wildman–Crippen LogP) is 1.85. The number of Topliss-reactive ketones (excluding diaryl/α,β-unsaturated/α-hetero) is 1. The highest BCUT2D eigenvalue weighted by atomic mass is 16.6. The fourth-order valence-electron chi connectivity index (χ4n) is 1.68. The second-order valence-corrected chi connectivity index (χ2v) is 4.31. The number of carbonyl (C=O) groups is 1. The van der Waals surface area contributed by atoms with Crippen LogP contribution in [0.25, 0.3) is 0 Å². The summed E-state index contributed by atoms with van der Waals surface area (Å²) in [5.41, 5.74) is -0.351. The predicted molar refractivity (Wildman–Crippen MR) is 77.8 cm³/mol. The number of ether oxygens (including phenoxy) is 4. The van der Waals surface area contributed by atoms with E-state index in [4.69, 9.17) is 18.9 Å². The molecule has 0 radical (unpaired) electrons. The van der Waals surface area contributed by atoms with Crippen LogP contribution in [-0.4, -0.2) is 51.4 Å². The minimum absolute atomic E-state index is 0.0310. The van der Waals surface area contributed by atoms with Crippen LogP contribution in [0.15, 0.2) is 12.1 Å². The van der Waals surface area contributed by atoms with Gasteiger partial charge in [-0.2, -0.15) is 0 Å². The van der Waals surface area contributed by atoms with Gasteiger partial charge in [-0.15, -0.1) is 0 Å². The summed E-state index contributed by atoms with van der Waals surface area (Å²) in [5, 5.41) is 11.1. The Morgan fingerprint density at radius 2 is 1.55 bits per heavy atom. The molecule has 0 saturated heterocycles. The molecule has 0 bridgehead atoms. The van der Waals surface area contributed by atoms with Crippen molar-refractivity contribution < 1.29 is 28.7 Å². The van der Waals surface area contributed by atoms with E-state index in [1.54, 1.807) is 0 Å². The van der Waals surface area contributed by atoms with Gasteiger partial charge < -0.3 is 18.9 Å². The molecule has 0 amide bonds. The average Bonchev–Trinajstić information content (AvgIpc) is 2.48. The first-order valence-corrected chi connectivity index (χ1v) is 6.58. The number of benzene rings is 1. The van der Waals surface area contributed by atoms with Crippen LogP contribution < -0.4 is 9.47 Å². The fourth-order valence-corrected chi connectivity index (χ4v) is 1.68. The van der Waals surface area contributed by atoms with Crippen LogP contribution in [0, 0.1) is 10.1 Å². The lowest BCUT2D eigenvalue weighted by Gasteiger charge is -2.13. The van der Waals surface area contributed by atoms with E-state index in [1.807, 2.05) is 0 Å². The summed E-state index contributed by atoms with van der Waals surface area (Å²) in [5.74, 6) is 0.0144. The highest BCUT2D eigenvalue weighted by molar-refractivity contribution is 5.98. The monoisotopic (exact) mass is 313 g/mol. The van der Waals surface area contributed by atoms with E-state index in [-0.39, 0.29) is 36.0 Å². The Hall–Kier alpha value is -2.19. The largest absolute Gasteiger partial charge is 0.487 e. The average molecular weight is 313 g/mol. The molecule has 0 saturated carbocycles. The Bertz CT molecular complexity index is 483. The Morgan fingerprint density at radius 1 is 1.05 bits per heavy atom. The first kappa shape index (κ1) is 17.9. The SMILES string of the molecule is COCCOc1cc(C(C)=O)c([N+](=O)[O-])cc1OCCOC. The number of methoxy groups -OCH3 is 2. The molecule has 0 N–H and O–H groups in total. The van der Waals surface area contributed by atoms with Crippen LogP contribution >= 0.6 is 0 Å². The van der Waals surface area contributed by atoms with Crippen LogP contribution in [-0.2, 0) is 9.47 Å². The lowest BCUT2D eigenvalue weighted by Crippen LogP contribution is -2.10. The topological polar surface area (TPSA) is 97.1 Å². The Kier molecular flexibility index (Phi) is 7.27. The van der Waals surface area contributed by atoms with E-state index >= 15 is 0 Å². The van der Waals surface area contributed by atoms with Gasteiger partial charge in [0.2, 0.25) is 0 Å². The number of nitrogens with zero attached hydrogens (tertiary/aromatic N) is 1. The lowest BCUT2D eigenvalue weighted by atomic mass is 10.1. The molecule has 0 spiro atoms. The van der Waals surface area contributed by atoms with Crippen molar-refractivity contribution in [2.45, 2.75) is 6.92 Å². The molecule has 8 heteroatoms. The molecule has 8 nitrogen and oxygen atoms in total. The number of hydrogen-bond donors (Lipinski definition) is 0. The second kappa shape index (κ2) is 8.96. The first-order valence-electron chi connectivity index (χ1n) is 6.58. The minimum Gasteiger partial charge on any atom is -0.487 e. The maximum Gasteiger partial charge on any atom is 0.284 e. The van der Waals surface area contributed by atoms with Gasteiger partial charge in [-0.3, -0.25) is 14.9 Å². The molecule has 0 fully saturated rings. The third kappa shape index (κ3) is 4.97. The fraction of sp³-hybridized carbons (Fsp3) is 0.500. The van der Waals surface area contributed by atoms with E-state index in [2.05, 4.69) is 0 Å². The molecular formula is C14H19NO7. The number of rotatable bonds is 10. The summed E-state index contributed by atoms with van der Waals surface area (Å²) in [6, 6.07) is 2.51. The molecule has 0 aliphatic carbocycles. The Balaban J connectivity index is 3.14. The molecule has 0 aliphatic rings. The second-order valence-electron chi connectivity index (χ2n) is 4.31. The molecule has 1 aromatic rings. The van der Waals surface area contributed by atoms with Crippen molar-refractivity contribution in [3.8, 4) is 11.5 Å². The molecule has 0 atom stereocenters. The molecule has 0 unspecified atom stereocenters. The zero-order valence-electron chi connectivity index (χ0n) is 12.8. The van der Waals surface area contributed by atoms with E-state index in [9.17, 15) is 14.9 Å². The van der Waals surface area contributed by atoms with Gasteiger partial charge in [0.15, 0.2) is 17.3 Å². The van der Waals surface area contributed by atoms with Crippen molar-refractivity contribution >= 4 is 11.5 Å². The molecule has 1 aromatic carbocycles. The van der Waals surface area contributed by atoms with Gasteiger partial charge in [-0.05, 0) is 6.92 Å². The van der Waals surface area contributed by atoms with Gasteiger partial charge in [-0.25, -0.2) is 0 Å². The van der Waals surface area contributed by atoms with Gasteiger partial charge in [0.1, 0.15) is 13.2 Å². The molecule has 22 heavy (non-hydrogen) atoms. The maximum atomic E-state index is 11.6. The Labute approximate surface area is 128 Å². The summed E-state index contributed by atoms with van der Waals surface area (Å²) in [4.78, 5) is 22.0. The third-order valence-corrected chi connectivity index (χ3v) is 2.73. The van der Waals surface area contributed by atoms with Crippen molar-refractivity contribution in [2.24, 2.45) is 0 Å². The van der Waals surface area contributed by atoms with Gasteiger partial charge in [0.25, 0.3) is 5.69 Å². The summed E-state index contributed by atoms with van der Waals surface area (Å²) in [6.45, 7) is 2.34. The maximum absolute atomic E-state index is 11.6. The first-order chi connectivity index (χ1) is 10.5. The van der Waals surface area contributed by atoms with Crippen LogP contribution in [0.1, 0.15) is 17.3 Å². The summed E-state index contributed by atoms with van der Waals surface area (Å²) < 4.78 is 20.6. The van der Waals surface area contributed by atoms with Crippen LogP contribution in [0.2, 0.25) is 0 Å². The van der Waals surface area contributed by atoms with E-state index in [1.165, 1.54) is 33.3 Å². The van der Waals surface area contributed by atoms with E-state index in [0.29, 0.717) is 13.2 Å². The number of hydrogen-bond acceptors (Lipinski definition) is 7. The lowest BCUT2D eigenvalue weighted by molar-refractivity contribution is -0.385. The van der Waals surface area contributed by atoms with E-state index in [0.717, 1.165) is 0 Å². The number of nitro groups is 1. The van der Waals surface area contributed by atoms with Crippen molar-refractivity contribution in [1.82, 2.24) is 0 Å². The minimum atomic E-state index is -0.626. The standard InChI is InChI=1S/C14H19NO7/c1-10(16)11-8-13(21-6-4-19-2)14(22-7-5-20-3)9-12(11)15(17)18/h8-9H,4-7H2,1-3H3. The third-order valence-electron chi connectivity index (χ3n) is 2.73. The van der Waals surface area contributed by atoms with Crippen molar-refractivity contribution in [3.05, 3.63) is 27.8 Å². The zero-order valence-corrected chi connectivity index (χ0v) is 12.8. The molecular weight excluding hydrogens is 294 g/mol. The highest BCUT2D eigenvalue weighted by Gasteiger charge is 2.22.